The highest BCUT2D eigenvalue weighted by molar-refractivity contribution is 5.69. The molecule has 0 aromatic carbocycles. The van der Waals surface area contributed by atoms with E-state index in [1.54, 1.807) is 4.98 Å². The van der Waals surface area contributed by atoms with Crippen molar-refractivity contribution >= 4 is 11.2 Å². The topological polar surface area (TPSA) is 133 Å². The van der Waals surface area contributed by atoms with Gasteiger partial charge in [-0.1, -0.05) is 0 Å². The molecular formula is C11H11F3N4O5. The first-order chi connectivity index (χ1) is 10.7. The molecule has 0 radical (unpaired) electrons. The minimum Gasteiger partial charge on any atom is -0.394 e. The summed E-state index contributed by atoms with van der Waals surface area (Å²) in [7, 11) is 0. The van der Waals surface area contributed by atoms with Crippen LogP contribution in [0.5, 0.6) is 0 Å². The standard InChI is InChI=1S/C11H11F3N4O5/c12-11(13,14)10-16-7-4(8(22)17-10)15-2-18(7)9-6(21)5(20)3(1-19)23-9/h2-3,5-6,9,19-21H,1H2,(H,16,17,22)/t3-,5-,6-,9-/m1/s1. The lowest BCUT2D eigenvalue weighted by Crippen LogP contribution is -2.33. The van der Waals surface area contributed by atoms with Crippen LogP contribution in [0.4, 0.5) is 13.2 Å². The van der Waals surface area contributed by atoms with E-state index >= 15 is 0 Å². The van der Waals surface area contributed by atoms with Gasteiger partial charge in [-0.2, -0.15) is 13.2 Å². The van der Waals surface area contributed by atoms with Crippen LogP contribution in [-0.4, -0.2) is 59.8 Å². The van der Waals surface area contributed by atoms with Crippen LogP contribution in [0.3, 0.4) is 0 Å². The quantitative estimate of drug-likeness (QED) is 0.538. The van der Waals surface area contributed by atoms with Gasteiger partial charge in [-0.15, -0.1) is 0 Å². The number of aliphatic hydroxyl groups is 3. The van der Waals surface area contributed by atoms with Crippen LogP contribution >= 0.6 is 0 Å². The van der Waals surface area contributed by atoms with Crippen molar-refractivity contribution in [2.45, 2.75) is 30.7 Å². The smallest absolute Gasteiger partial charge is 0.394 e. The number of ether oxygens (including phenoxy) is 1. The summed E-state index contributed by atoms with van der Waals surface area (Å²) in [5.41, 5.74) is -1.94. The Hall–Kier alpha value is -2.02. The van der Waals surface area contributed by atoms with Gasteiger partial charge in [0.25, 0.3) is 5.56 Å². The Kier molecular flexibility index (Phi) is 3.63. The van der Waals surface area contributed by atoms with E-state index in [9.17, 15) is 28.2 Å². The number of rotatable bonds is 2. The Morgan fingerprint density at radius 3 is 2.61 bits per heavy atom. The summed E-state index contributed by atoms with van der Waals surface area (Å²) in [6.07, 6.45) is -9.39. The van der Waals surface area contributed by atoms with Crippen molar-refractivity contribution in [1.29, 1.82) is 0 Å². The van der Waals surface area contributed by atoms with Crippen molar-refractivity contribution in [3.05, 3.63) is 22.5 Å². The maximum Gasteiger partial charge on any atom is 0.449 e. The molecule has 1 fully saturated rings. The molecule has 4 N–H and O–H groups in total. The Labute approximate surface area is 125 Å². The number of hydrogen-bond acceptors (Lipinski definition) is 7. The number of imidazole rings is 1. The molecule has 126 valence electrons. The van der Waals surface area contributed by atoms with E-state index in [1.165, 1.54) is 0 Å². The zero-order valence-corrected chi connectivity index (χ0v) is 11.2. The lowest BCUT2D eigenvalue weighted by Gasteiger charge is -2.16. The molecular weight excluding hydrogens is 325 g/mol. The monoisotopic (exact) mass is 336 g/mol. The second kappa shape index (κ2) is 5.26. The van der Waals surface area contributed by atoms with Gasteiger partial charge in [0.05, 0.1) is 12.9 Å². The third-order valence-electron chi connectivity index (χ3n) is 3.49. The molecule has 3 heterocycles. The zero-order chi connectivity index (χ0) is 16.9. The Bertz CT molecular complexity index is 788. The van der Waals surface area contributed by atoms with Gasteiger partial charge in [0.2, 0.25) is 5.82 Å². The molecule has 0 saturated carbocycles. The Morgan fingerprint density at radius 2 is 2.04 bits per heavy atom. The van der Waals surface area contributed by atoms with Crippen LogP contribution in [0.15, 0.2) is 11.1 Å². The lowest BCUT2D eigenvalue weighted by molar-refractivity contribution is -0.145. The average Bonchev–Trinajstić information content (AvgIpc) is 3.01. The van der Waals surface area contributed by atoms with Crippen molar-refractivity contribution in [2.75, 3.05) is 6.61 Å². The van der Waals surface area contributed by atoms with E-state index in [0.29, 0.717) is 0 Å². The fraction of sp³-hybridized carbons (Fsp3) is 0.545. The highest BCUT2D eigenvalue weighted by Gasteiger charge is 2.44. The summed E-state index contributed by atoms with van der Waals surface area (Å²) in [5.74, 6) is -1.52. The summed E-state index contributed by atoms with van der Waals surface area (Å²) in [6, 6.07) is 0. The number of aromatic amines is 1. The highest BCUT2D eigenvalue weighted by Crippen LogP contribution is 2.31. The first-order valence-corrected chi connectivity index (χ1v) is 6.40. The molecule has 2 aromatic heterocycles. The largest absolute Gasteiger partial charge is 0.449 e. The van der Waals surface area contributed by atoms with Gasteiger partial charge in [0, 0.05) is 0 Å². The van der Waals surface area contributed by atoms with E-state index in [0.717, 1.165) is 10.9 Å². The minimum absolute atomic E-state index is 0.379. The Morgan fingerprint density at radius 1 is 1.35 bits per heavy atom. The number of alkyl halides is 3. The number of halogens is 3. The molecule has 1 aliphatic heterocycles. The van der Waals surface area contributed by atoms with Gasteiger partial charge in [-0.05, 0) is 0 Å². The van der Waals surface area contributed by atoms with Crippen molar-refractivity contribution in [3.8, 4) is 0 Å². The number of hydrogen-bond donors (Lipinski definition) is 4. The van der Waals surface area contributed by atoms with Crippen LogP contribution in [0.2, 0.25) is 0 Å². The molecule has 1 aliphatic rings. The summed E-state index contributed by atoms with van der Waals surface area (Å²) in [4.78, 5) is 20.2. The number of aliphatic hydroxyl groups excluding tert-OH is 3. The Balaban J connectivity index is 2.12. The summed E-state index contributed by atoms with van der Waals surface area (Å²) < 4.78 is 44.3. The fourth-order valence-corrected chi connectivity index (χ4v) is 2.36. The predicted octanol–water partition coefficient (Wildman–Crippen LogP) is -1.25. The van der Waals surface area contributed by atoms with Crippen molar-refractivity contribution in [1.82, 2.24) is 19.5 Å². The molecule has 3 rings (SSSR count). The first kappa shape index (κ1) is 15.9. The summed E-state index contributed by atoms with van der Waals surface area (Å²) >= 11 is 0. The minimum atomic E-state index is -4.88. The third-order valence-corrected chi connectivity index (χ3v) is 3.49. The highest BCUT2D eigenvalue weighted by atomic mass is 19.4. The van der Waals surface area contributed by atoms with Gasteiger partial charge < -0.3 is 25.0 Å². The predicted molar refractivity (Wildman–Crippen MR) is 66.2 cm³/mol. The van der Waals surface area contributed by atoms with Gasteiger partial charge in [0.1, 0.15) is 18.3 Å². The van der Waals surface area contributed by atoms with Gasteiger partial charge >= 0.3 is 6.18 Å². The number of nitrogens with one attached hydrogen (secondary N) is 1. The fourth-order valence-electron chi connectivity index (χ4n) is 2.36. The normalized spacial score (nSPS) is 28.6. The van der Waals surface area contributed by atoms with Crippen LogP contribution in [-0.2, 0) is 10.9 Å². The molecule has 1 saturated heterocycles. The zero-order valence-electron chi connectivity index (χ0n) is 11.2. The van der Waals surface area contributed by atoms with Gasteiger partial charge in [0.15, 0.2) is 17.4 Å². The molecule has 0 aliphatic carbocycles. The number of nitrogens with zero attached hydrogens (tertiary/aromatic N) is 3. The SMILES string of the molecule is O=c1[nH]c(C(F)(F)F)nc2c1ncn2[C@@H]1O[C@H](CO)[C@@H](O)[C@H]1O. The molecule has 12 heteroatoms. The average molecular weight is 336 g/mol. The van der Waals surface area contributed by atoms with Crippen molar-refractivity contribution in [3.63, 3.8) is 0 Å². The van der Waals surface area contributed by atoms with Crippen LogP contribution in [0.25, 0.3) is 11.2 Å². The number of aromatic nitrogens is 4. The maximum atomic E-state index is 12.8. The van der Waals surface area contributed by atoms with Gasteiger partial charge in [-0.3, -0.25) is 9.36 Å². The van der Waals surface area contributed by atoms with E-state index in [4.69, 9.17) is 9.84 Å². The van der Waals surface area contributed by atoms with Crippen LogP contribution in [0.1, 0.15) is 12.1 Å². The molecule has 0 unspecified atom stereocenters. The first-order valence-electron chi connectivity index (χ1n) is 6.40. The number of fused-ring (bicyclic) bond motifs is 1. The van der Waals surface area contributed by atoms with Crippen LogP contribution < -0.4 is 5.56 Å². The van der Waals surface area contributed by atoms with E-state index < -0.39 is 54.4 Å². The molecule has 9 nitrogen and oxygen atoms in total. The molecule has 0 bridgehead atoms. The van der Waals surface area contributed by atoms with Crippen molar-refractivity contribution < 1.29 is 33.2 Å². The van der Waals surface area contributed by atoms with E-state index in [1.807, 2.05) is 0 Å². The van der Waals surface area contributed by atoms with Crippen molar-refractivity contribution in [2.24, 2.45) is 0 Å². The second-order valence-electron chi connectivity index (χ2n) is 4.97. The molecule has 0 spiro atoms. The van der Waals surface area contributed by atoms with Crippen LogP contribution in [0, 0.1) is 0 Å². The third kappa shape index (κ3) is 2.49. The summed E-state index contributed by atoms with van der Waals surface area (Å²) in [5, 5.41) is 28.7. The lowest BCUT2D eigenvalue weighted by atomic mass is 10.1. The maximum absolute atomic E-state index is 12.8. The van der Waals surface area contributed by atoms with E-state index in [-0.39, 0.29) is 5.52 Å². The summed E-state index contributed by atoms with van der Waals surface area (Å²) in [6.45, 7) is -0.608. The second-order valence-corrected chi connectivity index (χ2v) is 4.97. The van der Waals surface area contributed by atoms with Gasteiger partial charge in [-0.25, -0.2) is 9.97 Å². The number of H-pyrrole nitrogens is 1. The molecule has 0 amide bonds. The molecule has 23 heavy (non-hydrogen) atoms. The molecule has 2 aromatic rings. The molecule has 4 atom stereocenters. The van der Waals surface area contributed by atoms with E-state index in [2.05, 4.69) is 9.97 Å².